The highest BCUT2D eigenvalue weighted by Gasteiger charge is 2.24. The van der Waals surface area contributed by atoms with E-state index in [2.05, 4.69) is 30.5 Å². The molecular formula is C31H33N3O5S2. The van der Waals surface area contributed by atoms with Crippen LogP contribution >= 0.6 is 11.3 Å². The van der Waals surface area contributed by atoms with Crippen LogP contribution in [-0.2, 0) is 22.5 Å². The number of hydrogen-bond donors (Lipinski definition) is 0. The van der Waals surface area contributed by atoms with Crippen LogP contribution in [0.1, 0.15) is 36.9 Å². The second kappa shape index (κ2) is 11.9. The molecule has 10 heteroatoms. The molecule has 0 unspecified atom stereocenters. The maximum atomic E-state index is 13.4. The quantitative estimate of drug-likeness (QED) is 0.184. The summed E-state index contributed by atoms with van der Waals surface area (Å²) in [5.41, 5.74) is 5.79. The smallest absolute Gasteiger partial charge is 0.377 e. The Labute approximate surface area is 243 Å². The Kier molecular flexibility index (Phi) is 8.67. The summed E-state index contributed by atoms with van der Waals surface area (Å²) in [6, 6.07) is 11.7. The van der Waals surface area contributed by atoms with Gasteiger partial charge in [-0.05, 0) is 61.8 Å². The third kappa shape index (κ3) is 6.04. The first kappa shape index (κ1) is 30.0. The lowest BCUT2D eigenvalue weighted by atomic mass is 9.99. The number of thiazole rings is 1. The Morgan fingerprint density at radius 3 is 2.59 bits per heavy atom. The molecule has 4 aromatic rings. The number of benzene rings is 2. The largest absolute Gasteiger partial charge is 0.743 e. The van der Waals surface area contributed by atoms with Crippen LogP contribution in [0.25, 0.3) is 28.8 Å². The van der Waals surface area contributed by atoms with Gasteiger partial charge in [0.25, 0.3) is 11.1 Å². The van der Waals surface area contributed by atoms with Crippen LogP contribution in [-0.4, -0.2) is 24.1 Å². The van der Waals surface area contributed by atoms with Crippen molar-refractivity contribution in [3.8, 4) is 0 Å². The molecule has 2 aromatic heterocycles. The molecule has 0 aliphatic carbocycles. The third-order valence-corrected chi connectivity index (χ3v) is 8.49. The van der Waals surface area contributed by atoms with Gasteiger partial charge in [0.1, 0.15) is 4.66 Å². The Morgan fingerprint density at radius 1 is 1.15 bits per heavy atom. The summed E-state index contributed by atoms with van der Waals surface area (Å²) >= 11 is 1.25. The highest BCUT2D eigenvalue weighted by atomic mass is 32.2. The van der Waals surface area contributed by atoms with E-state index in [0.717, 1.165) is 34.5 Å². The predicted octanol–water partition coefficient (Wildman–Crippen LogP) is 3.93. The minimum atomic E-state index is -4.62. The number of para-hydroxylation sites is 1. The zero-order valence-corrected chi connectivity index (χ0v) is 24.1. The van der Waals surface area contributed by atoms with Crippen molar-refractivity contribution in [1.29, 1.82) is 0 Å². The van der Waals surface area contributed by atoms with E-state index in [1.54, 1.807) is 28.9 Å². The van der Waals surface area contributed by atoms with Crippen LogP contribution < -0.4 is 24.2 Å². The lowest BCUT2D eigenvalue weighted by molar-refractivity contribution is -0.658. The Balaban J connectivity index is 0.00000387. The summed E-state index contributed by atoms with van der Waals surface area (Å²) in [6.07, 6.45) is 11.0. The molecule has 2 aromatic carbocycles. The summed E-state index contributed by atoms with van der Waals surface area (Å²) in [7, 11) is -4.62. The summed E-state index contributed by atoms with van der Waals surface area (Å²) in [4.78, 5) is 15.6. The van der Waals surface area contributed by atoms with E-state index in [0.29, 0.717) is 20.3 Å². The number of fused-ring (bicyclic) bond motifs is 2. The van der Waals surface area contributed by atoms with Gasteiger partial charge >= 0.3 is 5.89 Å². The first-order valence-corrected chi connectivity index (χ1v) is 15.1. The highest BCUT2D eigenvalue weighted by Crippen LogP contribution is 2.32. The fourth-order valence-corrected chi connectivity index (χ4v) is 6.28. The van der Waals surface area contributed by atoms with E-state index in [4.69, 9.17) is 4.42 Å². The Hall–Kier alpha value is -3.99. The first-order chi connectivity index (χ1) is 19.1. The molecule has 0 saturated carbocycles. The molecule has 0 saturated heterocycles. The molecule has 1 aliphatic rings. The van der Waals surface area contributed by atoms with Gasteiger partial charge in [0.2, 0.25) is 11.5 Å². The summed E-state index contributed by atoms with van der Waals surface area (Å²) < 4.78 is 45.2. The highest BCUT2D eigenvalue weighted by molar-refractivity contribution is 7.84. The molecule has 0 atom stereocenters. The minimum Gasteiger partial charge on any atom is -0.743 e. The summed E-state index contributed by atoms with van der Waals surface area (Å²) in [5, 5.41) is 0. The number of aromatic nitrogens is 2. The number of aryl methyl sites for hydroxylation is 2. The van der Waals surface area contributed by atoms with E-state index in [-0.39, 0.29) is 25.4 Å². The second-order valence-corrected chi connectivity index (χ2v) is 12.0. The lowest BCUT2D eigenvalue weighted by Crippen LogP contribution is -2.40. The standard InChI is InChI=1S/C30H29N3O5S2.CH4/c1-5-14-32-29(18-28-33(19-40(35,36)37)25-16-20(3)21(4)17-26(25)38-28)39-27(30(32)34)12-11-22-13-15-31(6-2)24-10-8-7-9-23(22)24;/h5,7-13,15-18H,1,6,14,19H2,2-4H3;1H4/b22-11+,27-12?;. The normalized spacial score (nSPS) is 15.0. The van der Waals surface area contributed by atoms with E-state index >= 15 is 0 Å². The molecule has 3 heterocycles. The number of nitrogens with zero attached hydrogens (tertiary/aromatic N) is 3. The van der Waals surface area contributed by atoms with Gasteiger partial charge in [-0.15, -0.1) is 22.5 Å². The van der Waals surface area contributed by atoms with Crippen molar-refractivity contribution in [3.05, 3.63) is 110 Å². The Morgan fingerprint density at radius 2 is 1.88 bits per heavy atom. The van der Waals surface area contributed by atoms with E-state index in [9.17, 15) is 17.8 Å². The van der Waals surface area contributed by atoms with Crippen LogP contribution in [0.5, 0.6) is 0 Å². The van der Waals surface area contributed by atoms with Gasteiger partial charge in [-0.2, -0.15) is 0 Å². The number of anilines is 1. The molecule has 0 amide bonds. The summed E-state index contributed by atoms with van der Waals surface area (Å²) in [6.45, 7) is 10.8. The third-order valence-electron chi connectivity index (χ3n) is 6.84. The monoisotopic (exact) mass is 591 g/mol. The number of oxazole rings is 1. The molecule has 0 fully saturated rings. The van der Waals surface area contributed by atoms with E-state index in [1.165, 1.54) is 15.9 Å². The SMILES string of the molecule is C.C=CCn1c(=Cc2oc3cc(C)c(C)cc3[n+]2CS(=O)(=O)[O-])sc(=C/C=C2\C=CN(CC)c3ccccc32)c1=O. The van der Waals surface area contributed by atoms with Gasteiger partial charge in [-0.1, -0.05) is 37.8 Å². The van der Waals surface area contributed by atoms with Crippen molar-refractivity contribution in [2.24, 2.45) is 0 Å². The van der Waals surface area contributed by atoms with E-state index < -0.39 is 16.0 Å². The van der Waals surface area contributed by atoms with Crippen molar-refractivity contribution < 1.29 is 22.0 Å². The zero-order valence-electron chi connectivity index (χ0n) is 22.5. The van der Waals surface area contributed by atoms with Crippen LogP contribution in [0.2, 0.25) is 0 Å². The average Bonchev–Trinajstić information content (AvgIpc) is 3.38. The Bertz CT molecular complexity index is 1990. The van der Waals surface area contributed by atoms with Gasteiger partial charge in [-0.3, -0.25) is 9.36 Å². The average molecular weight is 592 g/mol. The van der Waals surface area contributed by atoms with Crippen LogP contribution in [0, 0.1) is 13.8 Å². The molecule has 5 rings (SSSR count). The van der Waals surface area contributed by atoms with Gasteiger partial charge in [0.15, 0.2) is 10.1 Å². The molecule has 41 heavy (non-hydrogen) atoms. The van der Waals surface area contributed by atoms with Gasteiger partial charge in [-0.25, -0.2) is 8.42 Å². The van der Waals surface area contributed by atoms with Crippen molar-refractivity contribution in [2.45, 2.75) is 40.6 Å². The van der Waals surface area contributed by atoms with Crippen LogP contribution in [0.3, 0.4) is 0 Å². The first-order valence-electron chi connectivity index (χ1n) is 12.7. The van der Waals surface area contributed by atoms with Crippen molar-refractivity contribution in [1.82, 2.24) is 4.57 Å². The topological polar surface area (TPSA) is 99.5 Å². The lowest BCUT2D eigenvalue weighted by Gasteiger charge is -2.26. The molecule has 0 radical (unpaired) electrons. The van der Waals surface area contributed by atoms with Gasteiger partial charge in [0, 0.05) is 36.6 Å². The fraction of sp³-hybridized carbons (Fsp3) is 0.226. The van der Waals surface area contributed by atoms with Crippen molar-refractivity contribution >= 4 is 56.0 Å². The molecule has 0 spiro atoms. The maximum absolute atomic E-state index is 13.4. The number of hydrogen-bond acceptors (Lipinski definition) is 7. The second-order valence-electron chi connectivity index (χ2n) is 9.52. The zero-order chi connectivity index (χ0) is 28.6. The fourth-order valence-electron chi connectivity index (χ4n) is 4.71. The van der Waals surface area contributed by atoms with Crippen molar-refractivity contribution in [3.63, 3.8) is 0 Å². The number of allylic oxidation sites excluding steroid dienone is 4. The van der Waals surface area contributed by atoms with Gasteiger partial charge in [0.05, 0.1) is 10.6 Å². The van der Waals surface area contributed by atoms with Crippen molar-refractivity contribution in [2.75, 3.05) is 11.4 Å². The molecule has 0 N–H and O–H groups in total. The molecule has 0 bridgehead atoms. The number of rotatable bonds is 7. The van der Waals surface area contributed by atoms with Crippen LogP contribution in [0.15, 0.2) is 76.6 Å². The van der Waals surface area contributed by atoms with E-state index in [1.807, 2.05) is 50.4 Å². The minimum absolute atomic E-state index is 0. The van der Waals surface area contributed by atoms with Gasteiger partial charge < -0.3 is 13.9 Å². The predicted molar refractivity (Wildman–Crippen MR) is 165 cm³/mol. The maximum Gasteiger partial charge on any atom is 0.377 e. The summed E-state index contributed by atoms with van der Waals surface area (Å²) in [5.74, 6) is -0.635. The molecule has 8 nitrogen and oxygen atoms in total. The molecule has 214 valence electrons. The van der Waals surface area contributed by atoms with Crippen LogP contribution in [0.4, 0.5) is 5.69 Å². The molecular weight excluding hydrogens is 558 g/mol. The molecule has 1 aliphatic heterocycles.